The highest BCUT2D eigenvalue weighted by Gasteiger charge is 2.18. The molecule has 1 N–H and O–H groups in total. The fourth-order valence-corrected chi connectivity index (χ4v) is 3.83. The van der Waals surface area contributed by atoms with Gasteiger partial charge in [-0.2, -0.15) is 0 Å². The molecular weight excluding hydrogens is 370 g/mol. The van der Waals surface area contributed by atoms with Crippen molar-refractivity contribution in [3.05, 3.63) is 72.7 Å². The average Bonchev–Trinajstić information content (AvgIpc) is 3.18. The predicted octanol–water partition coefficient (Wildman–Crippen LogP) is 3.62. The number of hydrogen-bond donors (Lipinski definition) is 1. The summed E-state index contributed by atoms with van der Waals surface area (Å²) in [5.74, 6) is -0.246. The number of benzene rings is 2. The first-order chi connectivity index (χ1) is 13.7. The van der Waals surface area contributed by atoms with Crippen LogP contribution in [0, 0.1) is 0 Å². The second-order valence-corrected chi connectivity index (χ2v) is 7.28. The van der Waals surface area contributed by atoms with E-state index < -0.39 is 0 Å². The molecule has 7 heteroatoms. The molecule has 0 aliphatic rings. The maximum atomic E-state index is 12.7. The lowest BCUT2D eigenvalue weighted by molar-refractivity contribution is 0.0950. The summed E-state index contributed by atoms with van der Waals surface area (Å²) >= 11 is 1.51. The molecule has 0 bridgehead atoms. The van der Waals surface area contributed by atoms with Crippen molar-refractivity contribution < 1.29 is 4.79 Å². The lowest BCUT2D eigenvalue weighted by atomic mass is 10.2. The molecule has 0 saturated heterocycles. The topological polar surface area (TPSA) is 71.0 Å². The van der Waals surface area contributed by atoms with Gasteiger partial charge in [0.25, 0.3) is 5.91 Å². The van der Waals surface area contributed by atoms with Crippen LogP contribution >= 0.6 is 11.3 Å². The highest BCUT2D eigenvalue weighted by Crippen LogP contribution is 2.29. The quantitative estimate of drug-likeness (QED) is 0.545. The maximum Gasteiger partial charge on any atom is 0.272 e. The molecule has 2 heterocycles. The first-order valence-corrected chi connectivity index (χ1v) is 9.75. The van der Waals surface area contributed by atoms with Gasteiger partial charge in [-0.15, -0.1) is 11.3 Å². The van der Waals surface area contributed by atoms with E-state index in [2.05, 4.69) is 25.2 Å². The van der Waals surface area contributed by atoms with Crippen molar-refractivity contribution in [2.24, 2.45) is 0 Å². The lowest BCUT2D eigenvalue weighted by Gasteiger charge is -2.19. The van der Waals surface area contributed by atoms with Crippen LogP contribution in [0.5, 0.6) is 0 Å². The molecule has 2 aromatic heterocycles. The van der Waals surface area contributed by atoms with E-state index in [0.717, 1.165) is 15.9 Å². The summed E-state index contributed by atoms with van der Waals surface area (Å²) in [5, 5.41) is 3.63. The zero-order valence-corrected chi connectivity index (χ0v) is 16.2. The van der Waals surface area contributed by atoms with E-state index in [1.807, 2.05) is 61.6 Å². The largest absolute Gasteiger partial charge is 0.373 e. The van der Waals surface area contributed by atoms with Crippen molar-refractivity contribution in [3.63, 3.8) is 0 Å². The molecule has 0 aliphatic carbocycles. The summed E-state index contributed by atoms with van der Waals surface area (Å²) in [5.41, 5.74) is 2.80. The van der Waals surface area contributed by atoms with Crippen molar-refractivity contribution in [3.8, 4) is 10.7 Å². The summed E-state index contributed by atoms with van der Waals surface area (Å²) < 4.78 is 1.05. The number of carbonyl (C=O) groups is 1. The van der Waals surface area contributed by atoms with Gasteiger partial charge < -0.3 is 10.2 Å². The van der Waals surface area contributed by atoms with E-state index in [-0.39, 0.29) is 5.91 Å². The van der Waals surface area contributed by atoms with Gasteiger partial charge in [0.05, 0.1) is 10.2 Å². The van der Waals surface area contributed by atoms with Crippen molar-refractivity contribution in [1.29, 1.82) is 0 Å². The highest BCUT2D eigenvalue weighted by molar-refractivity contribution is 7.21. The molecule has 4 rings (SSSR count). The normalized spacial score (nSPS) is 10.8. The fraction of sp³-hybridized carbons (Fsp3) is 0.143. The summed E-state index contributed by atoms with van der Waals surface area (Å²) in [6.07, 6.45) is 3.11. The maximum absolute atomic E-state index is 12.7. The molecule has 6 nitrogen and oxygen atoms in total. The Morgan fingerprint density at radius 3 is 2.61 bits per heavy atom. The zero-order valence-electron chi connectivity index (χ0n) is 15.4. The number of likely N-dealkylation sites (N-methyl/N-ethyl adjacent to an activating group) is 1. The highest BCUT2D eigenvalue weighted by atomic mass is 32.1. The van der Waals surface area contributed by atoms with Gasteiger partial charge in [-0.25, -0.2) is 15.0 Å². The molecule has 2 aromatic carbocycles. The van der Waals surface area contributed by atoms with Gasteiger partial charge in [-0.1, -0.05) is 30.3 Å². The van der Waals surface area contributed by atoms with Crippen molar-refractivity contribution >= 4 is 33.1 Å². The van der Waals surface area contributed by atoms with E-state index in [4.69, 9.17) is 0 Å². The Hall–Kier alpha value is -3.32. The van der Waals surface area contributed by atoms with Gasteiger partial charge in [-0.05, 0) is 24.3 Å². The Bertz CT molecular complexity index is 1060. The summed E-state index contributed by atoms with van der Waals surface area (Å²) in [7, 11) is 2.00. The number of nitrogens with one attached hydrogen (secondary N) is 1. The third-order valence-corrected chi connectivity index (χ3v) is 5.38. The van der Waals surface area contributed by atoms with Gasteiger partial charge in [0.15, 0.2) is 5.69 Å². The molecule has 0 aliphatic heterocycles. The van der Waals surface area contributed by atoms with E-state index in [1.54, 1.807) is 6.20 Å². The van der Waals surface area contributed by atoms with Gasteiger partial charge >= 0.3 is 0 Å². The Morgan fingerprint density at radius 2 is 1.79 bits per heavy atom. The Balaban J connectivity index is 1.48. The second-order valence-electron chi connectivity index (χ2n) is 6.25. The summed E-state index contributed by atoms with van der Waals surface area (Å²) in [6.45, 7) is 1.19. The van der Waals surface area contributed by atoms with E-state index in [9.17, 15) is 4.79 Å². The minimum Gasteiger partial charge on any atom is -0.373 e. The molecule has 28 heavy (non-hydrogen) atoms. The molecule has 0 unspecified atom stereocenters. The molecule has 140 valence electrons. The number of thiazole rings is 1. The van der Waals surface area contributed by atoms with Crippen molar-refractivity contribution in [2.75, 3.05) is 25.0 Å². The van der Waals surface area contributed by atoms with Gasteiger partial charge in [0, 0.05) is 38.2 Å². The number of anilines is 1. The van der Waals surface area contributed by atoms with E-state index in [0.29, 0.717) is 29.5 Å². The van der Waals surface area contributed by atoms with Crippen LogP contribution < -0.4 is 10.2 Å². The van der Waals surface area contributed by atoms with Crippen molar-refractivity contribution in [1.82, 2.24) is 20.3 Å². The van der Waals surface area contributed by atoms with Crippen LogP contribution in [-0.4, -0.2) is 41.0 Å². The van der Waals surface area contributed by atoms with Crippen LogP contribution in [0.1, 0.15) is 10.5 Å². The van der Waals surface area contributed by atoms with Crippen LogP contribution in [0.2, 0.25) is 0 Å². The van der Waals surface area contributed by atoms with Crippen LogP contribution in [0.4, 0.5) is 5.69 Å². The van der Waals surface area contributed by atoms with Gasteiger partial charge in [0.2, 0.25) is 0 Å². The van der Waals surface area contributed by atoms with E-state index >= 15 is 0 Å². The SMILES string of the molecule is CN(CCNC(=O)c1nccnc1-c1nc2ccccc2s1)c1ccccc1. The molecule has 0 spiro atoms. The number of carbonyl (C=O) groups excluding carboxylic acids is 1. The lowest BCUT2D eigenvalue weighted by Crippen LogP contribution is -2.33. The predicted molar refractivity (Wildman–Crippen MR) is 113 cm³/mol. The molecule has 0 radical (unpaired) electrons. The molecule has 1 amide bonds. The minimum absolute atomic E-state index is 0.246. The molecule has 0 atom stereocenters. The van der Waals surface area contributed by atoms with Gasteiger partial charge in [-0.3, -0.25) is 4.79 Å². The fourth-order valence-electron chi connectivity index (χ4n) is 2.87. The second kappa shape index (κ2) is 8.14. The zero-order chi connectivity index (χ0) is 19.3. The Morgan fingerprint density at radius 1 is 1.04 bits per heavy atom. The Kier molecular flexibility index (Phi) is 5.25. The van der Waals surface area contributed by atoms with Crippen LogP contribution in [0.15, 0.2) is 67.0 Å². The molecule has 0 fully saturated rings. The Labute approximate surface area is 166 Å². The van der Waals surface area contributed by atoms with Crippen LogP contribution in [-0.2, 0) is 0 Å². The smallest absolute Gasteiger partial charge is 0.272 e. The third kappa shape index (κ3) is 3.84. The third-order valence-electron chi connectivity index (χ3n) is 4.34. The van der Waals surface area contributed by atoms with Crippen molar-refractivity contribution in [2.45, 2.75) is 0 Å². The first kappa shape index (κ1) is 18.1. The van der Waals surface area contributed by atoms with E-state index in [1.165, 1.54) is 17.5 Å². The standard InChI is InChI=1S/C21H19N5OS/c1-26(15-7-3-2-4-8-15)14-13-24-20(27)18-19(23-12-11-22-18)21-25-16-9-5-6-10-17(16)28-21/h2-12H,13-14H2,1H3,(H,24,27). The number of hydrogen-bond acceptors (Lipinski definition) is 6. The average molecular weight is 389 g/mol. The number of amides is 1. The van der Waals surface area contributed by atoms with Crippen LogP contribution in [0.25, 0.3) is 20.9 Å². The minimum atomic E-state index is -0.246. The number of para-hydroxylation sites is 2. The molecule has 4 aromatic rings. The number of fused-ring (bicyclic) bond motifs is 1. The monoisotopic (exact) mass is 389 g/mol. The number of aromatic nitrogens is 3. The summed E-state index contributed by atoms with van der Waals surface area (Å²) in [6, 6.07) is 17.9. The molecular formula is C21H19N5OS. The number of nitrogens with zero attached hydrogens (tertiary/aromatic N) is 4. The summed E-state index contributed by atoms with van der Waals surface area (Å²) in [4.78, 5) is 28.0. The van der Waals surface area contributed by atoms with Crippen LogP contribution in [0.3, 0.4) is 0 Å². The van der Waals surface area contributed by atoms with Gasteiger partial charge in [0.1, 0.15) is 10.7 Å². The number of rotatable bonds is 6. The molecule has 0 saturated carbocycles. The first-order valence-electron chi connectivity index (χ1n) is 8.94.